The molecule has 2 fully saturated rings. The highest BCUT2D eigenvalue weighted by atomic mass is 19.1. The Morgan fingerprint density at radius 1 is 1.15 bits per heavy atom. The number of hydrogen-bond acceptors (Lipinski definition) is 2. The molecule has 4 nitrogen and oxygen atoms in total. The predicted octanol–water partition coefficient (Wildman–Crippen LogP) is 2.77. The monoisotopic (exact) mass is 352 g/mol. The van der Waals surface area contributed by atoms with Gasteiger partial charge in [0, 0.05) is 25.6 Å². The van der Waals surface area contributed by atoms with Gasteiger partial charge in [-0.3, -0.25) is 9.59 Å². The average molecular weight is 352 g/mol. The zero-order valence-electron chi connectivity index (χ0n) is 14.5. The van der Waals surface area contributed by atoms with Crippen LogP contribution in [0.2, 0.25) is 0 Å². The van der Waals surface area contributed by atoms with E-state index < -0.39 is 5.41 Å². The van der Waals surface area contributed by atoms with E-state index in [4.69, 9.17) is 0 Å². The van der Waals surface area contributed by atoms with Crippen LogP contribution in [0.5, 0.6) is 0 Å². The Hall–Kier alpha value is -2.69. The molecule has 5 heteroatoms. The molecular weight excluding hydrogens is 331 g/mol. The molecule has 0 unspecified atom stereocenters. The molecule has 4 rings (SSSR count). The number of carbonyl (C=O) groups excluding carboxylic acids is 2. The number of fused-ring (bicyclic) bond motifs is 1. The highest BCUT2D eigenvalue weighted by Gasteiger charge is 2.53. The summed E-state index contributed by atoms with van der Waals surface area (Å²) >= 11 is 0. The molecule has 2 aliphatic heterocycles. The number of carbonyl (C=O) groups is 2. The van der Waals surface area contributed by atoms with Crippen LogP contribution in [0, 0.1) is 5.82 Å². The van der Waals surface area contributed by atoms with Crippen LogP contribution in [0.1, 0.15) is 30.4 Å². The molecule has 2 saturated heterocycles. The molecule has 2 aliphatic rings. The molecule has 0 spiro atoms. The van der Waals surface area contributed by atoms with Gasteiger partial charge < -0.3 is 10.2 Å². The van der Waals surface area contributed by atoms with E-state index in [2.05, 4.69) is 5.32 Å². The van der Waals surface area contributed by atoms with E-state index >= 15 is 0 Å². The molecule has 1 N–H and O–H groups in total. The maximum Gasteiger partial charge on any atom is 0.232 e. The van der Waals surface area contributed by atoms with E-state index in [1.165, 1.54) is 12.1 Å². The zero-order chi connectivity index (χ0) is 18.1. The molecule has 0 radical (unpaired) electrons. The Labute approximate surface area is 152 Å². The fourth-order valence-corrected chi connectivity index (χ4v) is 4.20. The van der Waals surface area contributed by atoms with Crippen molar-refractivity contribution >= 4 is 11.8 Å². The Kier molecular flexibility index (Phi) is 4.23. The third kappa shape index (κ3) is 2.87. The van der Waals surface area contributed by atoms with Crippen LogP contribution in [-0.2, 0) is 21.5 Å². The summed E-state index contributed by atoms with van der Waals surface area (Å²) in [5, 5.41) is 3.03. The summed E-state index contributed by atoms with van der Waals surface area (Å²) in [4.78, 5) is 27.2. The lowest BCUT2D eigenvalue weighted by Crippen LogP contribution is -2.46. The Bertz CT molecular complexity index is 822. The van der Waals surface area contributed by atoms with Crippen molar-refractivity contribution in [1.82, 2.24) is 10.2 Å². The Morgan fingerprint density at radius 3 is 2.58 bits per heavy atom. The quantitative estimate of drug-likeness (QED) is 0.920. The highest BCUT2D eigenvalue weighted by Crippen LogP contribution is 2.43. The lowest BCUT2D eigenvalue weighted by molar-refractivity contribution is -0.129. The van der Waals surface area contributed by atoms with Gasteiger partial charge in [0.2, 0.25) is 11.8 Å². The first-order valence-electron chi connectivity index (χ1n) is 8.96. The van der Waals surface area contributed by atoms with Crippen LogP contribution >= 0.6 is 0 Å². The number of benzene rings is 2. The van der Waals surface area contributed by atoms with E-state index in [0.29, 0.717) is 25.9 Å². The second-order valence-electron chi connectivity index (χ2n) is 7.18. The van der Waals surface area contributed by atoms with Gasteiger partial charge in [-0.05, 0) is 36.1 Å². The van der Waals surface area contributed by atoms with Crippen LogP contribution in [0.4, 0.5) is 4.39 Å². The molecule has 2 atom stereocenters. The number of nitrogens with one attached hydrogen (secondary N) is 1. The van der Waals surface area contributed by atoms with Crippen molar-refractivity contribution in [3.8, 4) is 0 Å². The first kappa shape index (κ1) is 16.8. The maximum atomic E-state index is 13.4. The summed E-state index contributed by atoms with van der Waals surface area (Å²) in [6, 6.07) is 15.9. The zero-order valence-corrected chi connectivity index (χ0v) is 14.5. The molecule has 0 aromatic heterocycles. The second-order valence-corrected chi connectivity index (χ2v) is 7.18. The second kappa shape index (κ2) is 6.56. The van der Waals surface area contributed by atoms with Crippen LogP contribution < -0.4 is 5.32 Å². The van der Waals surface area contributed by atoms with Crippen LogP contribution in [0.15, 0.2) is 54.6 Å². The van der Waals surface area contributed by atoms with Crippen molar-refractivity contribution in [2.24, 2.45) is 0 Å². The maximum absolute atomic E-state index is 13.4. The summed E-state index contributed by atoms with van der Waals surface area (Å²) in [5.74, 6) is -0.326. The van der Waals surface area contributed by atoms with Crippen molar-refractivity contribution in [2.45, 2.75) is 37.3 Å². The third-order valence-electron chi connectivity index (χ3n) is 5.60. The van der Waals surface area contributed by atoms with Gasteiger partial charge in [0.25, 0.3) is 0 Å². The molecular formula is C21H21FN2O2. The SMILES string of the molecule is O=C1CC[C@H]2C[C@@](C(=O)NCc3ccccc3)(c3ccc(F)cc3)CN12. The number of halogens is 1. The van der Waals surface area contributed by atoms with Crippen LogP contribution in [0.3, 0.4) is 0 Å². The predicted molar refractivity (Wildman–Crippen MR) is 95.7 cm³/mol. The fourth-order valence-electron chi connectivity index (χ4n) is 4.20. The minimum atomic E-state index is -0.816. The highest BCUT2D eigenvalue weighted by molar-refractivity contribution is 5.91. The van der Waals surface area contributed by atoms with Gasteiger partial charge in [0.1, 0.15) is 5.82 Å². The average Bonchev–Trinajstić information content (AvgIpc) is 3.21. The van der Waals surface area contributed by atoms with E-state index in [1.807, 2.05) is 35.2 Å². The van der Waals surface area contributed by atoms with Crippen LogP contribution in [-0.4, -0.2) is 29.3 Å². The molecule has 2 aromatic rings. The molecule has 134 valence electrons. The summed E-state index contributed by atoms with van der Waals surface area (Å²) < 4.78 is 13.4. The number of amides is 2. The van der Waals surface area contributed by atoms with Crippen molar-refractivity contribution in [1.29, 1.82) is 0 Å². The van der Waals surface area contributed by atoms with E-state index in [-0.39, 0.29) is 23.7 Å². The molecule has 0 saturated carbocycles. The number of rotatable bonds is 4. The minimum absolute atomic E-state index is 0.0926. The lowest BCUT2D eigenvalue weighted by Gasteiger charge is -2.29. The fraction of sp³-hybridized carbons (Fsp3) is 0.333. The standard InChI is InChI=1S/C21H21FN2O2/c22-17-8-6-16(7-9-17)21(12-18-10-11-19(25)24(18)14-21)20(26)23-13-15-4-2-1-3-5-15/h1-9,18H,10-14H2,(H,23,26)/t18-,21-/m0/s1. The van der Waals surface area contributed by atoms with Gasteiger partial charge in [-0.15, -0.1) is 0 Å². The van der Waals surface area contributed by atoms with Gasteiger partial charge in [-0.1, -0.05) is 42.5 Å². The van der Waals surface area contributed by atoms with Gasteiger partial charge in [0.15, 0.2) is 0 Å². The van der Waals surface area contributed by atoms with Crippen molar-refractivity contribution in [2.75, 3.05) is 6.54 Å². The normalized spacial score (nSPS) is 24.6. The first-order valence-corrected chi connectivity index (χ1v) is 8.96. The van der Waals surface area contributed by atoms with Gasteiger partial charge in [0.05, 0.1) is 5.41 Å². The van der Waals surface area contributed by atoms with E-state index in [9.17, 15) is 14.0 Å². The summed E-state index contributed by atoms with van der Waals surface area (Å²) in [6.45, 7) is 0.796. The molecule has 0 aliphatic carbocycles. The topological polar surface area (TPSA) is 49.4 Å². The van der Waals surface area contributed by atoms with Gasteiger partial charge in [-0.2, -0.15) is 0 Å². The molecule has 2 heterocycles. The largest absolute Gasteiger partial charge is 0.351 e. The molecule has 26 heavy (non-hydrogen) atoms. The van der Waals surface area contributed by atoms with Crippen LogP contribution in [0.25, 0.3) is 0 Å². The minimum Gasteiger partial charge on any atom is -0.351 e. The number of nitrogens with zero attached hydrogens (tertiary/aromatic N) is 1. The molecule has 2 aromatic carbocycles. The molecule has 2 amide bonds. The van der Waals surface area contributed by atoms with Gasteiger partial charge >= 0.3 is 0 Å². The third-order valence-corrected chi connectivity index (χ3v) is 5.60. The lowest BCUT2D eigenvalue weighted by atomic mass is 9.77. The van der Waals surface area contributed by atoms with E-state index in [0.717, 1.165) is 17.5 Å². The summed E-state index contributed by atoms with van der Waals surface area (Å²) in [6.07, 6.45) is 1.93. The van der Waals surface area contributed by atoms with Crippen molar-refractivity contribution < 1.29 is 14.0 Å². The summed E-state index contributed by atoms with van der Waals surface area (Å²) in [7, 11) is 0. The summed E-state index contributed by atoms with van der Waals surface area (Å²) in [5.41, 5.74) is 0.972. The smallest absolute Gasteiger partial charge is 0.232 e. The van der Waals surface area contributed by atoms with Gasteiger partial charge in [-0.25, -0.2) is 4.39 Å². The number of hydrogen-bond donors (Lipinski definition) is 1. The van der Waals surface area contributed by atoms with Crippen molar-refractivity contribution in [3.63, 3.8) is 0 Å². The Balaban J connectivity index is 1.62. The molecule has 0 bridgehead atoms. The van der Waals surface area contributed by atoms with E-state index in [1.54, 1.807) is 12.1 Å². The first-order chi connectivity index (χ1) is 12.6. The van der Waals surface area contributed by atoms with Crippen molar-refractivity contribution in [3.05, 3.63) is 71.5 Å². The Morgan fingerprint density at radius 2 is 1.88 bits per heavy atom.